The summed E-state index contributed by atoms with van der Waals surface area (Å²) in [5.41, 5.74) is 1.95. The number of carbonyl (C=O) groups is 1. The summed E-state index contributed by atoms with van der Waals surface area (Å²) >= 11 is 7.48. The van der Waals surface area contributed by atoms with E-state index in [1.165, 1.54) is 17.4 Å². The minimum absolute atomic E-state index is 0.0724. The molecule has 26 heavy (non-hydrogen) atoms. The van der Waals surface area contributed by atoms with Crippen LogP contribution in [0.5, 0.6) is 0 Å². The van der Waals surface area contributed by atoms with Crippen LogP contribution in [0.2, 0.25) is 5.02 Å². The van der Waals surface area contributed by atoms with Crippen molar-refractivity contribution in [1.29, 1.82) is 0 Å². The molecule has 1 aliphatic rings. The lowest BCUT2D eigenvalue weighted by Crippen LogP contribution is -2.48. The predicted molar refractivity (Wildman–Crippen MR) is 104 cm³/mol. The molecule has 0 aliphatic carbocycles. The number of anilines is 1. The van der Waals surface area contributed by atoms with Gasteiger partial charge in [-0.15, -0.1) is 11.3 Å². The van der Waals surface area contributed by atoms with Crippen molar-refractivity contribution >= 4 is 44.6 Å². The smallest absolute Gasteiger partial charge is 0.262 e. The molecule has 0 radical (unpaired) electrons. The van der Waals surface area contributed by atoms with Crippen LogP contribution >= 0.6 is 22.9 Å². The van der Waals surface area contributed by atoms with Crippen LogP contribution in [0.15, 0.2) is 33.9 Å². The van der Waals surface area contributed by atoms with E-state index in [1.807, 2.05) is 5.38 Å². The van der Waals surface area contributed by atoms with E-state index in [2.05, 4.69) is 10.0 Å². The fourth-order valence-corrected chi connectivity index (χ4v) is 5.31. The maximum absolute atomic E-state index is 12.7. The Morgan fingerprint density at radius 1 is 1.35 bits per heavy atom. The van der Waals surface area contributed by atoms with Gasteiger partial charge in [0.25, 0.3) is 10.0 Å². The molecule has 0 atom stereocenters. The first kappa shape index (κ1) is 19.2. The molecule has 2 aromatic rings. The third-order valence-electron chi connectivity index (χ3n) is 4.33. The summed E-state index contributed by atoms with van der Waals surface area (Å²) in [5.74, 6) is 0.0724. The van der Waals surface area contributed by atoms with Crippen LogP contribution in [-0.2, 0) is 21.2 Å². The van der Waals surface area contributed by atoms with Crippen molar-refractivity contribution < 1.29 is 13.2 Å². The Labute approximate surface area is 162 Å². The molecule has 3 rings (SSSR count). The maximum atomic E-state index is 12.7. The van der Waals surface area contributed by atoms with Crippen LogP contribution in [0.1, 0.15) is 11.1 Å². The fourth-order valence-electron chi connectivity index (χ4n) is 2.82. The Balaban J connectivity index is 1.74. The Hall–Kier alpha value is -1.61. The summed E-state index contributed by atoms with van der Waals surface area (Å²) in [6.45, 7) is 4.06. The van der Waals surface area contributed by atoms with Gasteiger partial charge < -0.3 is 10.2 Å². The fraction of sp³-hybridized carbons (Fsp3) is 0.353. The molecule has 0 spiro atoms. The number of hydrogen-bond donors (Lipinski definition) is 2. The number of carbonyl (C=O) groups excluding carboxylic acids is 1. The molecule has 1 aliphatic heterocycles. The van der Waals surface area contributed by atoms with Crippen molar-refractivity contribution in [3.05, 3.63) is 45.1 Å². The molecule has 0 bridgehead atoms. The number of halogens is 1. The number of nitrogens with one attached hydrogen (secondary N) is 2. The van der Waals surface area contributed by atoms with Gasteiger partial charge in [-0.2, -0.15) is 0 Å². The van der Waals surface area contributed by atoms with Crippen molar-refractivity contribution in [2.45, 2.75) is 18.2 Å². The Kier molecular flexibility index (Phi) is 5.86. The number of nitrogens with zero attached hydrogens (tertiary/aromatic N) is 1. The van der Waals surface area contributed by atoms with Gasteiger partial charge >= 0.3 is 0 Å². The molecule has 140 valence electrons. The zero-order valence-corrected chi connectivity index (χ0v) is 16.7. The molecule has 0 saturated carbocycles. The largest absolute Gasteiger partial charge is 0.340 e. The zero-order valence-electron chi connectivity index (χ0n) is 14.3. The molecule has 2 heterocycles. The van der Waals surface area contributed by atoms with Gasteiger partial charge in [0.2, 0.25) is 5.91 Å². The highest BCUT2D eigenvalue weighted by Crippen LogP contribution is 2.28. The predicted octanol–water partition coefficient (Wildman–Crippen LogP) is 2.49. The number of thiophene rings is 1. The first-order valence-corrected chi connectivity index (χ1v) is 11.0. The van der Waals surface area contributed by atoms with Crippen LogP contribution in [-0.4, -0.2) is 45.4 Å². The van der Waals surface area contributed by atoms with Crippen molar-refractivity contribution in [3.8, 4) is 0 Å². The van der Waals surface area contributed by atoms with Crippen LogP contribution < -0.4 is 10.0 Å². The maximum Gasteiger partial charge on any atom is 0.262 e. The van der Waals surface area contributed by atoms with Crippen LogP contribution in [0, 0.1) is 6.92 Å². The van der Waals surface area contributed by atoms with Gasteiger partial charge in [0, 0.05) is 30.0 Å². The number of rotatable bonds is 6. The van der Waals surface area contributed by atoms with E-state index in [4.69, 9.17) is 11.6 Å². The topological polar surface area (TPSA) is 78.5 Å². The van der Waals surface area contributed by atoms with Gasteiger partial charge in [0.1, 0.15) is 0 Å². The van der Waals surface area contributed by atoms with E-state index < -0.39 is 10.0 Å². The first-order chi connectivity index (χ1) is 12.4. The average molecular weight is 414 g/mol. The molecule has 9 heteroatoms. The Morgan fingerprint density at radius 2 is 2.15 bits per heavy atom. The lowest BCUT2D eigenvalue weighted by Gasteiger charge is -2.27. The van der Waals surface area contributed by atoms with Gasteiger partial charge in [-0.05, 0) is 42.0 Å². The summed E-state index contributed by atoms with van der Waals surface area (Å²) in [7, 11) is -3.73. The molecule has 1 saturated heterocycles. The quantitative estimate of drug-likeness (QED) is 0.762. The third kappa shape index (κ3) is 4.20. The second-order valence-electron chi connectivity index (χ2n) is 6.09. The van der Waals surface area contributed by atoms with E-state index in [-0.39, 0.29) is 10.8 Å². The summed E-state index contributed by atoms with van der Waals surface area (Å²) in [4.78, 5) is 13.8. The summed E-state index contributed by atoms with van der Waals surface area (Å²) in [6, 6.07) is 4.82. The molecular weight excluding hydrogens is 394 g/mol. The number of amides is 1. The summed E-state index contributed by atoms with van der Waals surface area (Å²) < 4.78 is 28.1. The summed E-state index contributed by atoms with van der Waals surface area (Å²) in [6.07, 6.45) is 0.599. The molecule has 1 amide bonds. The van der Waals surface area contributed by atoms with Gasteiger partial charge in [-0.3, -0.25) is 9.52 Å². The second kappa shape index (κ2) is 7.96. The second-order valence-corrected chi connectivity index (χ2v) is 8.89. The van der Waals surface area contributed by atoms with E-state index in [1.54, 1.807) is 29.3 Å². The van der Waals surface area contributed by atoms with E-state index >= 15 is 0 Å². The zero-order chi connectivity index (χ0) is 18.7. The first-order valence-electron chi connectivity index (χ1n) is 8.20. The van der Waals surface area contributed by atoms with Gasteiger partial charge in [-0.1, -0.05) is 17.7 Å². The minimum atomic E-state index is -3.73. The molecule has 0 unspecified atom stereocenters. The highest BCUT2D eigenvalue weighted by atomic mass is 35.5. The van der Waals surface area contributed by atoms with Crippen LogP contribution in [0.4, 0.5) is 5.69 Å². The molecular formula is C17H20ClN3O3S2. The SMILES string of the molecule is Cc1c(Cl)cccc1S(=O)(=O)Nc1cscc1CCN1CCNCC1=O. The molecule has 2 N–H and O–H groups in total. The Bertz CT molecular complexity index is 912. The molecule has 1 fully saturated rings. The Morgan fingerprint density at radius 3 is 2.92 bits per heavy atom. The van der Waals surface area contributed by atoms with Crippen molar-refractivity contribution in [1.82, 2.24) is 10.2 Å². The van der Waals surface area contributed by atoms with Gasteiger partial charge in [0.05, 0.1) is 17.1 Å². The number of benzene rings is 1. The summed E-state index contributed by atoms with van der Waals surface area (Å²) in [5, 5.41) is 7.13. The standard InChI is InChI=1S/C17H20ClN3O3S2/c1-12-14(18)3-2-4-16(12)26(23,24)20-15-11-25-10-13(15)5-7-21-8-6-19-9-17(21)22/h2-4,10-11,19-20H,5-9H2,1H3. The van der Waals surface area contributed by atoms with E-state index in [0.29, 0.717) is 42.3 Å². The van der Waals surface area contributed by atoms with Crippen molar-refractivity contribution in [3.63, 3.8) is 0 Å². The van der Waals surface area contributed by atoms with Crippen LogP contribution in [0.25, 0.3) is 0 Å². The van der Waals surface area contributed by atoms with Gasteiger partial charge in [0.15, 0.2) is 0 Å². The van der Waals surface area contributed by atoms with E-state index in [0.717, 1.165) is 12.1 Å². The highest BCUT2D eigenvalue weighted by molar-refractivity contribution is 7.92. The van der Waals surface area contributed by atoms with Crippen molar-refractivity contribution in [2.24, 2.45) is 0 Å². The highest BCUT2D eigenvalue weighted by Gasteiger charge is 2.21. The lowest BCUT2D eigenvalue weighted by molar-refractivity contribution is -0.131. The monoisotopic (exact) mass is 413 g/mol. The lowest BCUT2D eigenvalue weighted by atomic mass is 10.2. The van der Waals surface area contributed by atoms with Crippen molar-refractivity contribution in [2.75, 3.05) is 30.9 Å². The van der Waals surface area contributed by atoms with Crippen LogP contribution in [0.3, 0.4) is 0 Å². The number of hydrogen-bond acceptors (Lipinski definition) is 5. The molecule has 6 nitrogen and oxygen atoms in total. The van der Waals surface area contributed by atoms with E-state index in [9.17, 15) is 13.2 Å². The van der Waals surface area contributed by atoms with Gasteiger partial charge in [-0.25, -0.2) is 8.42 Å². The third-order valence-corrected chi connectivity index (χ3v) is 7.04. The molecule has 1 aromatic carbocycles. The average Bonchev–Trinajstić information content (AvgIpc) is 3.03. The number of piperazine rings is 1. The normalized spacial score (nSPS) is 15.3. The molecule has 1 aromatic heterocycles. The minimum Gasteiger partial charge on any atom is -0.340 e. The number of sulfonamides is 1.